The van der Waals surface area contributed by atoms with Crippen LogP contribution in [0.15, 0.2) is 6.07 Å². The standard InChI is InChI=1S/C33H49F4N5O13/c34-24-19-25(35)32(37)33(31(24)36)55-30(50)1-11-51-13-15-53-17-18-54-16-14-52-12-2-38-26(43)20-39-3-5-40(21-27(44)45)7-9-42(23-29(48)49)10-8-41(6-4-39)22-28(46)47/h19H,1-18,20-23H2,(H,38,43)(H,44,45)(H,46,47)(H,48,49). The summed E-state index contributed by atoms with van der Waals surface area (Å²) in [6.45, 7) is 2.83. The smallest absolute Gasteiger partial charge is 0.317 e. The maximum atomic E-state index is 13.6. The number of rotatable bonds is 24. The van der Waals surface area contributed by atoms with Crippen molar-refractivity contribution in [1.82, 2.24) is 24.9 Å². The van der Waals surface area contributed by atoms with Gasteiger partial charge in [0.05, 0.1) is 85.5 Å². The topological polar surface area (TPSA) is 217 Å². The number of carboxylic acid groups (broad SMARTS) is 3. The summed E-state index contributed by atoms with van der Waals surface area (Å²) in [4.78, 5) is 65.4. The highest BCUT2D eigenvalue weighted by Gasteiger charge is 2.24. The van der Waals surface area contributed by atoms with Gasteiger partial charge in [0.15, 0.2) is 11.6 Å². The lowest BCUT2D eigenvalue weighted by molar-refractivity contribution is -0.140. The fourth-order valence-electron chi connectivity index (χ4n) is 5.03. The summed E-state index contributed by atoms with van der Waals surface area (Å²) in [5.41, 5.74) is 0. The zero-order chi connectivity index (χ0) is 40.6. The first kappa shape index (κ1) is 47.1. The van der Waals surface area contributed by atoms with Crippen LogP contribution < -0.4 is 10.1 Å². The molecule has 4 N–H and O–H groups in total. The van der Waals surface area contributed by atoms with Crippen molar-refractivity contribution in [3.05, 3.63) is 29.3 Å². The molecule has 1 fully saturated rings. The van der Waals surface area contributed by atoms with E-state index in [4.69, 9.17) is 18.9 Å². The highest BCUT2D eigenvalue weighted by atomic mass is 19.2. The molecule has 18 nitrogen and oxygen atoms in total. The summed E-state index contributed by atoms with van der Waals surface area (Å²) in [5.74, 6) is -13.1. The van der Waals surface area contributed by atoms with Gasteiger partial charge in [-0.1, -0.05) is 0 Å². The van der Waals surface area contributed by atoms with Crippen LogP contribution in [0.4, 0.5) is 17.6 Å². The monoisotopic (exact) mass is 799 g/mol. The molecule has 0 unspecified atom stereocenters. The van der Waals surface area contributed by atoms with Crippen LogP contribution in [-0.2, 0) is 42.9 Å². The van der Waals surface area contributed by atoms with E-state index in [1.165, 1.54) is 0 Å². The number of hydrogen-bond acceptors (Lipinski definition) is 14. The van der Waals surface area contributed by atoms with E-state index in [0.29, 0.717) is 26.2 Å². The van der Waals surface area contributed by atoms with Gasteiger partial charge in [-0.15, -0.1) is 0 Å². The van der Waals surface area contributed by atoms with Crippen molar-refractivity contribution >= 4 is 29.8 Å². The fourth-order valence-corrected chi connectivity index (χ4v) is 5.03. The van der Waals surface area contributed by atoms with Crippen LogP contribution >= 0.6 is 0 Å². The second-order valence-corrected chi connectivity index (χ2v) is 12.1. The number of benzene rings is 1. The average molecular weight is 800 g/mol. The highest BCUT2D eigenvalue weighted by molar-refractivity contribution is 5.78. The lowest BCUT2D eigenvalue weighted by Gasteiger charge is -2.32. The third kappa shape index (κ3) is 21.0. The van der Waals surface area contributed by atoms with Gasteiger partial charge >= 0.3 is 23.9 Å². The van der Waals surface area contributed by atoms with Crippen molar-refractivity contribution in [3.8, 4) is 5.75 Å². The quantitative estimate of drug-likeness (QED) is 0.0331. The van der Waals surface area contributed by atoms with Gasteiger partial charge in [0.2, 0.25) is 23.3 Å². The molecule has 0 saturated carbocycles. The zero-order valence-electron chi connectivity index (χ0n) is 30.4. The van der Waals surface area contributed by atoms with Crippen molar-refractivity contribution in [2.24, 2.45) is 0 Å². The molecule has 22 heteroatoms. The minimum Gasteiger partial charge on any atom is -0.480 e. The Morgan fingerprint density at radius 3 is 1.27 bits per heavy atom. The molecule has 1 aliphatic heterocycles. The number of nitrogens with zero attached hydrogens (tertiary/aromatic N) is 4. The Balaban J connectivity index is 1.58. The number of ether oxygens (including phenoxy) is 5. The Bertz CT molecular complexity index is 1330. The van der Waals surface area contributed by atoms with Crippen LogP contribution in [0.2, 0.25) is 0 Å². The number of amides is 1. The third-order valence-electron chi connectivity index (χ3n) is 7.80. The number of halogens is 4. The van der Waals surface area contributed by atoms with Gasteiger partial charge in [-0.05, 0) is 0 Å². The average Bonchev–Trinajstić information content (AvgIpc) is 3.11. The van der Waals surface area contributed by atoms with Crippen molar-refractivity contribution in [2.75, 3.05) is 138 Å². The Kier molecular flexibility index (Phi) is 22.9. The predicted molar refractivity (Wildman–Crippen MR) is 181 cm³/mol. The first-order chi connectivity index (χ1) is 26.2. The zero-order valence-corrected chi connectivity index (χ0v) is 30.4. The SMILES string of the molecule is O=C(O)CN1CCN(CC(=O)O)CCN(CC(=O)NCCOCCOCCOCCOCCC(=O)Oc2c(F)c(F)cc(F)c2F)CCN(CC(=O)O)CC1. The van der Waals surface area contributed by atoms with Gasteiger partial charge in [-0.3, -0.25) is 43.6 Å². The van der Waals surface area contributed by atoms with E-state index in [0.717, 1.165) is 0 Å². The molecule has 1 heterocycles. The van der Waals surface area contributed by atoms with Crippen molar-refractivity contribution < 1.29 is 80.5 Å². The number of aliphatic carboxylic acids is 3. The number of hydrogen-bond donors (Lipinski definition) is 4. The molecule has 1 saturated heterocycles. The molecular formula is C33H49F4N5O13. The molecule has 1 aliphatic rings. The molecule has 0 spiro atoms. The molecule has 1 aromatic carbocycles. The Morgan fingerprint density at radius 2 is 0.891 bits per heavy atom. The Labute approximate surface area is 314 Å². The molecule has 1 aromatic rings. The number of nitrogens with one attached hydrogen (secondary N) is 1. The number of carbonyl (C=O) groups excluding carboxylic acids is 2. The molecule has 0 atom stereocenters. The summed E-state index contributed by atoms with van der Waals surface area (Å²) in [6.07, 6.45) is -0.439. The van der Waals surface area contributed by atoms with Crippen LogP contribution in [0, 0.1) is 23.3 Å². The van der Waals surface area contributed by atoms with Crippen LogP contribution in [0.3, 0.4) is 0 Å². The van der Waals surface area contributed by atoms with Crippen LogP contribution in [0.1, 0.15) is 6.42 Å². The van der Waals surface area contributed by atoms with Gasteiger partial charge in [0, 0.05) is 65.0 Å². The summed E-state index contributed by atoms with van der Waals surface area (Å²) in [6, 6.07) is -0.00455. The number of carbonyl (C=O) groups is 5. The van der Waals surface area contributed by atoms with Gasteiger partial charge in [-0.25, -0.2) is 8.78 Å². The predicted octanol–water partition coefficient (Wildman–Crippen LogP) is -0.803. The van der Waals surface area contributed by atoms with E-state index >= 15 is 0 Å². The first-order valence-electron chi connectivity index (χ1n) is 17.4. The van der Waals surface area contributed by atoms with Gasteiger partial charge in [0.1, 0.15) is 0 Å². The third-order valence-corrected chi connectivity index (χ3v) is 7.80. The van der Waals surface area contributed by atoms with Crippen LogP contribution in [0.5, 0.6) is 5.75 Å². The van der Waals surface area contributed by atoms with Crippen molar-refractivity contribution in [1.29, 1.82) is 0 Å². The van der Waals surface area contributed by atoms with E-state index in [-0.39, 0.29) is 124 Å². The summed E-state index contributed by atoms with van der Waals surface area (Å²) < 4.78 is 79.2. The second kappa shape index (κ2) is 26.7. The summed E-state index contributed by atoms with van der Waals surface area (Å²) >= 11 is 0. The van der Waals surface area contributed by atoms with Crippen LogP contribution in [0.25, 0.3) is 0 Å². The van der Waals surface area contributed by atoms with E-state index < -0.39 is 59.3 Å². The normalized spacial score (nSPS) is 15.6. The fraction of sp³-hybridized carbons (Fsp3) is 0.667. The maximum absolute atomic E-state index is 13.6. The van der Waals surface area contributed by atoms with E-state index in [1.54, 1.807) is 14.7 Å². The molecule has 55 heavy (non-hydrogen) atoms. The van der Waals surface area contributed by atoms with Crippen molar-refractivity contribution in [2.45, 2.75) is 6.42 Å². The largest absolute Gasteiger partial charge is 0.480 e. The summed E-state index contributed by atoms with van der Waals surface area (Å²) in [7, 11) is 0. The molecule has 1 amide bonds. The molecule has 0 aromatic heterocycles. The minimum absolute atomic E-state index is 0.00455. The lowest BCUT2D eigenvalue weighted by atomic mass is 10.3. The molecule has 0 radical (unpaired) electrons. The van der Waals surface area contributed by atoms with E-state index in [9.17, 15) is 56.9 Å². The molecule has 312 valence electrons. The molecule has 0 aliphatic carbocycles. The van der Waals surface area contributed by atoms with Gasteiger partial charge in [0.25, 0.3) is 0 Å². The van der Waals surface area contributed by atoms with Crippen LogP contribution in [-0.4, -0.2) is 203 Å². The maximum Gasteiger partial charge on any atom is 0.317 e. The van der Waals surface area contributed by atoms with E-state index in [1.807, 2.05) is 4.90 Å². The minimum atomic E-state index is -1.82. The number of esters is 1. The second-order valence-electron chi connectivity index (χ2n) is 12.1. The summed E-state index contributed by atoms with van der Waals surface area (Å²) in [5, 5.41) is 30.7. The molecule has 2 rings (SSSR count). The molecule has 0 bridgehead atoms. The highest BCUT2D eigenvalue weighted by Crippen LogP contribution is 2.26. The van der Waals surface area contributed by atoms with Gasteiger partial charge in [-0.2, -0.15) is 8.78 Å². The molecular weight excluding hydrogens is 750 g/mol. The first-order valence-corrected chi connectivity index (χ1v) is 17.4. The van der Waals surface area contributed by atoms with Crippen molar-refractivity contribution in [3.63, 3.8) is 0 Å². The Hall–Kier alpha value is -4.03. The Morgan fingerprint density at radius 1 is 0.545 bits per heavy atom. The van der Waals surface area contributed by atoms with E-state index in [2.05, 4.69) is 10.1 Å². The van der Waals surface area contributed by atoms with Gasteiger partial charge < -0.3 is 44.3 Å². The number of carboxylic acids is 3. The lowest BCUT2D eigenvalue weighted by Crippen LogP contribution is -2.50.